The molecule has 0 saturated heterocycles. The van der Waals surface area contributed by atoms with Crippen molar-refractivity contribution in [1.82, 2.24) is 4.57 Å². The van der Waals surface area contributed by atoms with Gasteiger partial charge in [-0.2, -0.15) is 0 Å². The van der Waals surface area contributed by atoms with E-state index < -0.39 is 5.97 Å². The van der Waals surface area contributed by atoms with E-state index in [1.165, 1.54) is 6.92 Å². The van der Waals surface area contributed by atoms with Crippen LogP contribution in [0.3, 0.4) is 0 Å². The van der Waals surface area contributed by atoms with Crippen molar-refractivity contribution >= 4 is 46.2 Å². The first-order valence-corrected chi connectivity index (χ1v) is 6.02. The van der Waals surface area contributed by atoms with Gasteiger partial charge in [0.25, 0.3) is 0 Å². The third-order valence-electron chi connectivity index (χ3n) is 2.83. The van der Waals surface area contributed by atoms with Crippen molar-refractivity contribution in [3.63, 3.8) is 0 Å². The van der Waals surface area contributed by atoms with Gasteiger partial charge < -0.3 is 9.67 Å². The van der Waals surface area contributed by atoms with Crippen molar-refractivity contribution in [2.75, 3.05) is 0 Å². The summed E-state index contributed by atoms with van der Waals surface area (Å²) in [4.78, 5) is 10.9. The fourth-order valence-corrected chi connectivity index (χ4v) is 2.24. The van der Waals surface area contributed by atoms with Gasteiger partial charge in [0.15, 0.2) is 0 Å². The third kappa shape index (κ3) is 2.11. The van der Waals surface area contributed by atoms with Crippen molar-refractivity contribution in [3.8, 4) is 0 Å². The highest BCUT2D eigenvalue weighted by atomic mass is 35.5. The Morgan fingerprint density at radius 1 is 1.39 bits per heavy atom. The summed E-state index contributed by atoms with van der Waals surface area (Å²) in [6.07, 6.45) is 1.57. The maximum absolute atomic E-state index is 10.9. The molecule has 0 amide bonds. The molecule has 5 heteroatoms. The Balaban J connectivity index is 2.76. The Bertz CT molecular complexity index is 671. The van der Waals surface area contributed by atoms with Crippen LogP contribution >= 0.6 is 23.2 Å². The average Bonchev–Trinajstić information content (AvgIpc) is 2.54. The van der Waals surface area contributed by atoms with Crippen molar-refractivity contribution in [3.05, 3.63) is 39.5 Å². The van der Waals surface area contributed by atoms with Crippen LogP contribution in [0.2, 0.25) is 10.2 Å². The second-order valence-electron chi connectivity index (χ2n) is 4.06. The van der Waals surface area contributed by atoms with Gasteiger partial charge >= 0.3 is 5.97 Å². The second-order valence-corrected chi connectivity index (χ2v) is 4.85. The molecule has 1 N–H and O–H groups in total. The van der Waals surface area contributed by atoms with Crippen LogP contribution in [0, 0.1) is 0 Å². The molecule has 0 unspecified atom stereocenters. The van der Waals surface area contributed by atoms with E-state index >= 15 is 0 Å². The average molecular weight is 284 g/mol. The first-order valence-electron chi connectivity index (χ1n) is 5.27. The standard InChI is InChI=1S/C13H11Cl2NO2/c1-7(13(17)18)5-10-9-4-3-8(14)6-11(9)16(2)12(10)15/h3-6H,1-2H3,(H,17,18)/b7-5+. The lowest BCUT2D eigenvalue weighted by molar-refractivity contribution is -0.132. The van der Waals surface area contributed by atoms with Crippen molar-refractivity contribution in [1.29, 1.82) is 0 Å². The number of carbonyl (C=O) groups is 1. The van der Waals surface area contributed by atoms with E-state index in [2.05, 4.69) is 0 Å². The third-order valence-corrected chi connectivity index (χ3v) is 3.52. The molecule has 1 aromatic heterocycles. The highest BCUT2D eigenvalue weighted by molar-refractivity contribution is 6.34. The molecule has 0 bridgehead atoms. The van der Waals surface area contributed by atoms with E-state index in [9.17, 15) is 4.79 Å². The van der Waals surface area contributed by atoms with Crippen molar-refractivity contribution < 1.29 is 9.90 Å². The molecule has 0 saturated carbocycles. The highest BCUT2D eigenvalue weighted by Crippen LogP contribution is 2.32. The van der Waals surface area contributed by atoms with E-state index in [1.54, 1.807) is 22.8 Å². The maximum Gasteiger partial charge on any atom is 0.331 e. The zero-order valence-electron chi connectivity index (χ0n) is 9.87. The number of aryl methyl sites for hydroxylation is 1. The fraction of sp³-hybridized carbons (Fsp3) is 0.154. The Labute approximate surface area is 114 Å². The number of rotatable bonds is 2. The number of carboxylic acids is 1. The molecule has 0 aliphatic heterocycles. The monoisotopic (exact) mass is 283 g/mol. The normalized spacial score (nSPS) is 12.1. The smallest absolute Gasteiger partial charge is 0.331 e. The van der Waals surface area contributed by atoms with E-state index in [4.69, 9.17) is 28.3 Å². The zero-order chi connectivity index (χ0) is 13.4. The minimum absolute atomic E-state index is 0.236. The lowest BCUT2D eigenvalue weighted by Crippen LogP contribution is -1.95. The van der Waals surface area contributed by atoms with Crippen LogP contribution in [0.1, 0.15) is 12.5 Å². The number of fused-ring (bicyclic) bond motifs is 1. The molecule has 0 aliphatic rings. The van der Waals surface area contributed by atoms with Gasteiger partial charge in [0, 0.05) is 28.6 Å². The van der Waals surface area contributed by atoms with Gasteiger partial charge in [0.1, 0.15) is 5.15 Å². The lowest BCUT2D eigenvalue weighted by Gasteiger charge is -1.96. The summed E-state index contributed by atoms with van der Waals surface area (Å²) in [6.45, 7) is 1.54. The molecule has 0 spiro atoms. The van der Waals surface area contributed by atoms with Crippen LogP contribution in [0.15, 0.2) is 23.8 Å². The number of aromatic nitrogens is 1. The van der Waals surface area contributed by atoms with Gasteiger partial charge in [-0.15, -0.1) is 0 Å². The Hall–Kier alpha value is -1.45. The minimum Gasteiger partial charge on any atom is -0.478 e. The summed E-state index contributed by atoms with van der Waals surface area (Å²) in [7, 11) is 1.81. The van der Waals surface area contributed by atoms with Crippen LogP contribution in [-0.2, 0) is 11.8 Å². The van der Waals surface area contributed by atoms with Crippen LogP contribution in [0.4, 0.5) is 0 Å². The first kappa shape index (κ1) is 13.0. The quantitative estimate of drug-likeness (QED) is 0.848. The molecule has 0 atom stereocenters. The topological polar surface area (TPSA) is 42.2 Å². The highest BCUT2D eigenvalue weighted by Gasteiger charge is 2.13. The van der Waals surface area contributed by atoms with Crippen LogP contribution in [0.5, 0.6) is 0 Å². The van der Waals surface area contributed by atoms with E-state index in [0.717, 1.165) is 10.9 Å². The number of benzene rings is 1. The van der Waals surface area contributed by atoms with Gasteiger partial charge in [-0.05, 0) is 25.1 Å². The molecule has 0 aliphatic carbocycles. The molecule has 94 valence electrons. The van der Waals surface area contributed by atoms with Crippen LogP contribution in [0.25, 0.3) is 17.0 Å². The molecule has 1 aromatic carbocycles. The predicted molar refractivity (Wildman–Crippen MR) is 74.2 cm³/mol. The molecule has 18 heavy (non-hydrogen) atoms. The number of hydrogen-bond donors (Lipinski definition) is 1. The summed E-state index contributed by atoms with van der Waals surface area (Å²) >= 11 is 12.2. The Morgan fingerprint density at radius 2 is 2.06 bits per heavy atom. The summed E-state index contributed by atoms with van der Waals surface area (Å²) < 4.78 is 1.78. The molecule has 0 radical (unpaired) electrons. The number of hydrogen-bond acceptors (Lipinski definition) is 1. The van der Waals surface area contributed by atoms with Gasteiger partial charge in [0.2, 0.25) is 0 Å². The van der Waals surface area contributed by atoms with Gasteiger partial charge in [-0.25, -0.2) is 4.79 Å². The second kappa shape index (κ2) is 4.67. The molecule has 3 nitrogen and oxygen atoms in total. The predicted octanol–water partition coefficient (Wildman–Crippen LogP) is 3.97. The number of carboxylic acid groups (broad SMARTS) is 1. The summed E-state index contributed by atoms with van der Waals surface area (Å²) in [5.41, 5.74) is 1.81. The van der Waals surface area contributed by atoms with Gasteiger partial charge in [0.05, 0.1) is 5.52 Å². The van der Waals surface area contributed by atoms with E-state index in [1.807, 2.05) is 13.1 Å². The summed E-state index contributed by atoms with van der Waals surface area (Å²) in [5.74, 6) is -0.961. The Morgan fingerprint density at radius 3 is 2.67 bits per heavy atom. The summed E-state index contributed by atoms with van der Waals surface area (Å²) in [5, 5.41) is 10.9. The molecular formula is C13H11Cl2NO2. The fourth-order valence-electron chi connectivity index (χ4n) is 1.82. The summed E-state index contributed by atoms with van der Waals surface area (Å²) in [6, 6.07) is 5.40. The molecular weight excluding hydrogens is 273 g/mol. The minimum atomic E-state index is -0.961. The molecule has 2 rings (SSSR count). The Kier molecular flexibility index (Phi) is 3.37. The van der Waals surface area contributed by atoms with E-state index in [-0.39, 0.29) is 5.57 Å². The lowest BCUT2D eigenvalue weighted by atomic mass is 10.1. The molecule has 1 heterocycles. The maximum atomic E-state index is 10.9. The number of aliphatic carboxylic acids is 1. The van der Waals surface area contributed by atoms with Crippen molar-refractivity contribution in [2.45, 2.75) is 6.92 Å². The largest absolute Gasteiger partial charge is 0.478 e. The van der Waals surface area contributed by atoms with Crippen LogP contribution in [-0.4, -0.2) is 15.6 Å². The van der Waals surface area contributed by atoms with Gasteiger partial charge in [-0.1, -0.05) is 29.3 Å². The first-order chi connectivity index (χ1) is 8.41. The number of halogens is 2. The zero-order valence-corrected chi connectivity index (χ0v) is 11.4. The van der Waals surface area contributed by atoms with Crippen molar-refractivity contribution in [2.24, 2.45) is 7.05 Å². The van der Waals surface area contributed by atoms with Gasteiger partial charge in [-0.3, -0.25) is 0 Å². The molecule has 2 aromatic rings. The SMILES string of the molecule is C/C(=C\c1c(Cl)n(C)c2cc(Cl)ccc12)C(=O)O. The van der Waals surface area contributed by atoms with E-state index in [0.29, 0.717) is 15.7 Å². The number of nitrogens with zero attached hydrogens (tertiary/aromatic N) is 1. The molecule has 0 fully saturated rings. The van der Waals surface area contributed by atoms with Crippen LogP contribution < -0.4 is 0 Å².